The lowest BCUT2D eigenvalue weighted by Gasteiger charge is -2.48. The average molecular weight is 380 g/mol. The first-order valence-electron chi connectivity index (χ1n) is 6.85. The molecular formula is C13H22BrN3O3S. The SMILES string of the molecule is CN(C)C1(CN(C)S(=O)(=O)c2cc(CN)oc2Br)CCC1. The molecule has 0 bridgehead atoms. The quantitative estimate of drug-likeness (QED) is 0.811. The van der Waals surface area contributed by atoms with Gasteiger partial charge >= 0.3 is 0 Å². The van der Waals surface area contributed by atoms with Gasteiger partial charge in [0.2, 0.25) is 10.0 Å². The van der Waals surface area contributed by atoms with Gasteiger partial charge in [-0.1, -0.05) is 0 Å². The van der Waals surface area contributed by atoms with Crippen LogP contribution in [-0.4, -0.2) is 50.8 Å². The van der Waals surface area contributed by atoms with Crippen LogP contribution in [-0.2, 0) is 16.6 Å². The van der Waals surface area contributed by atoms with Crippen LogP contribution in [0.5, 0.6) is 0 Å². The standard InChI is InChI=1S/C13H22BrN3O3S/c1-16(2)13(5-4-6-13)9-17(3)21(18,19)11-7-10(8-15)20-12(11)14/h7H,4-6,8-9,15H2,1-3H3. The minimum absolute atomic E-state index is 0.0608. The molecule has 2 N–H and O–H groups in total. The van der Waals surface area contributed by atoms with E-state index in [4.69, 9.17) is 10.2 Å². The first-order chi connectivity index (χ1) is 9.73. The highest BCUT2D eigenvalue weighted by Gasteiger charge is 2.42. The van der Waals surface area contributed by atoms with Gasteiger partial charge in [-0.15, -0.1) is 0 Å². The lowest BCUT2D eigenvalue weighted by molar-refractivity contribution is 0.0455. The molecule has 0 radical (unpaired) electrons. The zero-order valence-electron chi connectivity index (χ0n) is 12.6. The van der Waals surface area contributed by atoms with Crippen LogP contribution >= 0.6 is 15.9 Å². The molecule has 6 nitrogen and oxygen atoms in total. The maximum absolute atomic E-state index is 12.7. The molecule has 0 aliphatic heterocycles. The third-order valence-corrected chi connectivity index (χ3v) is 7.01. The fourth-order valence-electron chi connectivity index (χ4n) is 2.67. The van der Waals surface area contributed by atoms with Crippen LogP contribution in [0.2, 0.25) is 0 Å². The van der Waals surface area contributed by atoms with Crippen LogP contribution in [0.15, 0.2) is 20.0 Å². The lowest BCUT2D eigenvalue weighted by Crippen LogP contribution is -2.57. The third-order valence-electron chi connectivity index (χ3n) is 4.35. The smallest absolute Gasteiger partial charge is 0.247 e. The summed E-state index contributed by atoms with van der Waals surface area (Å²) in [6.07, 6.45) is 3.17. The van der Waals surface area contributed by atoms with Gasteiger partial charge in [0.05, 0.1) is 6.54 Å². The van der Waals surface area contributed by atoms with Crippen molar-refractivity contribution in [2.75, 3.05) is 27.7 Å². The van der Waals surface area contributed by atoms with E-state index < -0.39 is 10.0 Å². The largest absolute Gasteiger partial charge is 0.452 e. The summed E-state index contributed by atoms with van der Waals surface area (Å²) in [5.41, 5.74) is 5.43. The predicted octanol–water partition coefficient (Wildman–Crippen LogP) is 1.61. The van der Waals surface area contributed by atoms with Gasteiger partial charge < -0.3 is 15.1 Å². The highest BCUT2D eigenvalue weighted by atomic mass is 79.9. The van der Waals surface area contributed by atoms with Crippen molar-refractivity contribution in [3.05, 3.63) is 16.5 Å². The summed E-state index contributed by atoms with van der Waals surface area (Å²) < 4.78 is 32.3. The van der Waals surface area contributed by atoms with Gasteiger partial charge in [0.15, 0.2) is 4.67 Å². The fraction of sp³-hybridized carbons (Fsp3) is 0.692. The predicted molar refractivity (Wildman–Crippen MR) is 84.4 cm³/mol. The van der Waals surface area contributed by atoms with Gasteiger partial charge in [0.1, 0.15) is 10.7 Å². The van der Waals surface area contributed by atoms with Gasteiger partial charge in [0, 0.05) is 25.2 Å². The van der Waals surface area contributed by atoms with Crippen molar-refractivity contribution in [3.63, 3.8) is 0 Å². The summed E-state index contributed by atoms with van der Waals surface area (Å²) in [5.74, 6) is 0.444. The minimum Gasteiger partial charge on any atom is -0.452 e. The van der Waals surface area contributed by atoms with E-state index in [-0.39, 0.29) is 21.6 Å². The van der Waals surface area contributed by atoms with Crippen molar-refractivity contribution in [1.29, 1.82) is 0 Å². The average Bonchev–Trinajstić information content (AvgIpc) is 2.74. The van der Waals surface area contributed by atoms with Crippen molar-refractivity contribution in [2.45, 2.75) is 36.2 Å². The number of nitrogens with zero attached hydrogens (tertiary/aromatic N) is 2. The molecule has 0 unspecified atom stereocenters. The Labute approximate surface area is 134 Å². The molecule has 0 aromatic carbocycles. The first-order valence-corrected chi connectivity index (χ1v) is 9.08. The number of hydrogen-bond donors (Lipinski definition) is 1. The Bertz CT molecular complexity index is 608. The molecule has 1 aliphatic carbocycles. The van der Waals surface area contributed by atoms with Gasteiger partial charge in [0.25, 0.3) is 0 Å². The number of likely N-dealkylation sites (N-methyl/N-ethyl adjacent to an activating group) is 2. The van der Waals surface area contributed by atoms with Crippen molar-refractivity contribution in [2.24, 2.45) is 5.73 Å². The molecule has 0 saturated heterocycles. The molecule has 0 amide bonds. The second-order valence-electron chi connectivity index (χ2n) is 5.79. The van der Waals surface area contributed by atoms with Gasteiger partial charge in [-0.05, 0) is 49.3 Å². The Balaban J connectivity index is 2.24. The van der Waals surface area contributed by atoms with Crippen LogP contribution in [0.3, 0.4) is 0 Å². The number of hydrogen-bond acceptors (Lipinski definition) is 5. The lowest BCUT2D eigenvalue weighted by atomic mass is 9.75. The Morgan fingerprint density at radius 3 is 2.38 bits per heavy atom. The molecule has 0 atom stereocenters. The molecule has 21 heavy (non-hydrogen) atoms. The van der Waals surface area contributed by atoms with Crippen molar-refractivity contribution < 1.29 is 12.8 Å². The Morgan fingerprint density at radius 2 is 2.00 bits per heavy atom. The molecule has 120 valence electrons. The van der Waals surface area contributed by atoms with Crippen LogP contribution < -0.4 is 5.73 Å². The molecule has 2 rings (SSSR count). The normalized spacial score (nSPS) is 18.2. The summed E-state index contributed by atoms with van der Waals surface area (Å²) in [6, 6.07) is 1.49. The van der Waals surface area contributed by atoms with Crippen molar-refractivity contribution in [3.8, 4) is 0 Å². The zero-order valence-corrected chi connectivity index (χ0v) is 15.0. The maximum atomic E-state index is 12.7. The van der Waals surface area contributed by atoms with E-state index in [0.717, 1.165) is 19.3 Å². The molecule has 8 heteroatoms. The van der Waals surface area contributed by atoms with E-state index >= 15 is 0 Å². The first kappa shape index (κ1) is 17.0. The molecular weight excluding hydrogens is 358 g/mol. The van der Waals surface area contributed by atoms with Crippen LogP contribution in [0.4, 0.5) is 0 Å². The second-order valence-corrected chi connectivity index (χ2v) is 8.52. The summed E-state index contributed by atoms with van der Waals surface area (Å²) in [4.78, 5) is 2.26. The van der Waals surface area contributed by atoms with E-state index in [0.29, 0.717) is 12.3 Å². The van der Waals surface area contributed by atoms with Crippen LogP contribution in [0.1, 0.15) is 25.0 Å². The van der Waals surface area contributed by atoms with E-state index in [1.54, 1.807) is 7.05 Å². The Hall–Kier alpha value is -0.410. The van der Waals surface area contributed by atoms with Crippen LogP contribution in [0, 0.1) is 0 Å². The molecule has 1 aromatic heterocycles. The number of halogens is 1. The topological polar surface area (TPSA) is 79.8 Å². The summed E-state index contributed by atoms with van der Waals surface area (Å²) in [7, 11) is 2.02. The Kier molecular flexibility index (Phi) is 4.84. The molecule has 1 aliphatic rings. The number of nitrogens with two attached hydrogens (primary N) is 1. The van der Waals surface area contributed by atoms with Crippen molar-refractivity contribution >= 4 is 26.0 Å². The van der Waals surface area contributed by atoms with E-state index in [1.807, 2.05) is 14.1 Å². The molecule has 1 aromatic rings. The van der Waals surface area contributed by atoms with Gasteiger partial charge in [-0.3, -0.25) is 0 Å². The van der Waals surface area contributed by atoms with Gasteiger partial charge in [-0.25, -0.2) is 8.42 Å². The molecule has 1 heterocycles. The van der Waals surface area contributed by atoms with E-state index in [9.17, 15) is 8.42 Å². The highest BCUT2D eigenvalue weighted by Crippen LogP contribution is 2.38. The Morgan fingerprint density at radius 1 is 1.38 bits per heavy atom. The summed E-state index contributed by atoms with van der Waals surface area (Å²) in [6.45, 7) is 0.636. The van der Waals surface area contributed by atoms with Gasteiger partial charge in [-0.2, -0.15) is 4.31 Å². The van der Waals surface area contributed by atoms with E-state index in [1.165, 1.54) is 10.4 Å². The van der Waals surface area contributed by atoms with Crippen molar-refractivity contribution in [1.82, 2.24) is 9.21 Å². The zero-order chi connectivity index (χ0) is 15.8. The highest BCUT2D eigenvalue weighted by molar-refractivity contribution is 9.10. The van der Waals surface area contributed by atoms with Crippen LogP contribution in [0.25, 0.3) is 0 Å². The number of furan rings is 1. The summed E-state index contributed by atoms with van der Waals surface area (Å²) >= 11 is 3.16. The summed E-state index contributed by atoms with van der Waals surface area (Å²) in [5, 5.41) is 0. The number of sulfonamides is 1. The second kappa shape index (κ2) is 6.00. The van der Waals surface area contributed by atoms with E-state index in [2.05, 4.69) is 20.8 Å². The third kappa shape index (κ3) is 3.05. The fourth-order valence-corrected chi connectivity index (χ4v) is 4.88. The minimum atomic E-state index is -3.59. The molecule has 1 fully saturated rings. The molecule has 1 saturated carbocycles. The monoisotopic (exact) mass is 379 g/mol. The maximum Gasteiger partial charge on any atom is 0.247 e. The number of rotatable bonds is 6. The molecule has 0 spiro atoms.